The molecule has 0 rings (SSSR count). The monoisotopic (exact) mass is 287 g/mol. The van der Waals surface area contributed by atoms with Gasteiger partial charge in [0.1, 0.15) is 12.7 Å². The molecule has 0 bridgehead atoms. The number of carbonyl (C=O) groups is 2. The summed E-state index contributed by atoms with van der Waals surface area (Å²) in [5.74, 6) is -0.556. The highest BCUT2D eigenvalue weighted by atomic mass is 16.5. The van der Waals surface area contributed by atoms with Crippen molar-refractivity contribution in [1.82, 2.24) is 5.32 Å². The third-order valence-corrected chi connectivity index (χ3v) is 2.67. The largest absolute Gasteiger partial charge is 0.460 e. The fourth-order valence-corrected chi connectivity index (χ4v) is 1.17. The summed E-state index contributed by atoms with van der Waals surface area (Å²) in [6, 6.07) is 0. The van der Waals surface area contributed by atoms with E-state index < -0.39 is 12.1 Å². The van der Waals surface area contributed by atoms with Crippen LogP contribution >= 0.6 is 0 Å². The fourth-order valence-electron chi connectivity index (χ4n) is 1.17. The van der Waals surface area contributed by atoms with Crippen LogP contribution in [0.5, 0.6) is 0 Å². The van der Waals surface area contributed by atoms with E-state index in [-0.39, 0.29) is 30.6 Å². The second-order valence-corrected chi connectivity index (χ2v) is 4.71. The summed E-state index contributed by atoms with van der Waals surface area (Å²) < 4.78 is 9.94. The Morgan fingerprint density at radius 2 is 2.00 bits per heavy atom. The van der Waals surface area contributed by atoms with Crippen LogP contribution in [0.1, 0.15) is 27.2 Å². The van der Waals surface area contributed by atoms with Crippen molar-refractivity contribution in [3.63, 3.8) is 0 Å². The molecule has 1 amide bonds. The summed E-state index contributed by atoms with van der Waals surface area (Å²) in [5.41, 5.74) is 0.283. The van der Waals surface area contributed by atoms with Gasteiger partial charge in [0.15, 0.2) is 0 Å². The first-order valence-electron chi connectivity index (χ1n) is 6.74. The summed E-state index contributed by atoms with van der Waals surface area (Å²) in [6.45, 7) is 9.37. The van der Waals surface area contributed by atoms with E-state index in [1.54, 1.807) is 0 Å². The zero-order valence-electron chi connectivity index (χ0n) is 12.5. The van der Waals surface area contributed by atoms with E-state index in [0.29, 0.717) is 13.2 Å². The average Bonchev–Trinajstić information content (AvgIpc) is 2.42. The van der Waals surface area contributed by atoms with E-state index in [1.165, 1.54) is 6.92 Å². The van der Waals surface area contributed by atoms with E-state index in [1.807, 2.05) is 13.8 Å². The molecule has 6 nitrogen and oxygen atoms in total. The van der Waals surface area contributed by atoms with Gasteiger partial charge in [-0.15, -0.1) is 0 Å². The number of ether oxygens (including phenoxy) is 2. The molecule has 2 unspecified atom stereocenters. The van der Waals surface area contributed by atoms with Crippen LogP contribution < -0.4 is 5.32 Å². The zero-order chi connectivity index (χ0) is 15.5. The van der Waals surface area contributed by atoms with Crippen molar-refractivity contribution in [1.29, 1.82) is 0 Å². The number of hydrogen-bond donors (Lipinski definition) is 2. The molecule has 0 saturated carbocycles. The smallest absolute Gasteiger partial charge is 0.333 e. The third-order valence-electron chi connectivity index (χ3n) is 2.67. The maximum absolute atomic E-state index is 11.4. The topological polar surface area (TPSA) is 84.9 Å². The Labute approximate surface area is 120 Å². The minimum atomic E-state index is -0.886. The normalized spacial score (nSPS) is 13.4. The molecule has 6 heteroatoms. The average molecular weight is 287 g/mol. The van der Waals surface area contributed by atoms with Crippen molar-refractivity contribution in [2.75, 3.05) is 26.4 Å². The highest BCUT2D eigenvalue weighted by Gasteiger charge is 2.11. The lowest BCUT2D eigenvalue weighted by Gasteiger charge is -2.13. The Balaban J connectivity index is 3.58. The minimum absolute atomic E-state index is 0.00737. The number of nitrogens with one attached hydrogen (secondary N) is 1. The molecule has 2 atom stereocenters. The number of amides is 1. The van der Waals surface area contributed by atoms with Gasteiger partial charge >= 0.3 is 5.97 Å². The van der Waals surface area contributed by atoms with Crippen molar-refractivity contribution >= 4 is 11.9 Å². The van der Waals surface area contributed by atoms with Gasteiger partial charge in [-0.2, -0.15) is 0 Å². The van der Waals surface area contributed by atoms with Gasteiger partial charge in [-0.3, -0.25) is 4.79 Å². The van der Waals surface area contributed by atoms with Gasteiger partial charge in [0.25, 0.3) is 0 Å². The van der Waals surface area contributed by atoms with Gasteiger partial charge in [0.2, 0.25) is 5.91 Å². The predicted octanol–water partition coefficient (Wildman–Crippen LogP) is 0.645. The number of rotatable bonds is 10. The van der Waals surface area contributed by atoms with Crippen LogP contribution in [-0.2, 0) is 19.1 Å². The molecule has 2 N–H and O–H groups in total. The van der Waals surface area contributed by atoms with Gasteiger partial charge in [0.05, 0.1) is 13.2 Å². The number of aliphatic hydroxyl groups is 1. The van der Waals surface area contributed by atoms with Gasteiger partial charge in [-0.1, -0.05) is 20.4 Å². The van der Waals surface area contributed by atoms with Crippen molar-refractivity contribution in [3.05, 3.63) is 12.2 Å². The molecule has 0 aliphatic carbocycles. The number of esters is 1. The molecule has 0 saturated heterocycles. The summed E-state index contributed by atoms with van der Waals surface area (Å²) in [5, 5.41) is 12.2. The molecule has 0 aliphatic heterocycles. The summed E-state index contributed by atoms with van der Waals surface area (Å²) in [4.78, 5) is 22.5. The summed E-state index contributed by atoms with van der Waals surface area (Å²) in [7, 11) is 0. The molecule has 0 aromatic rings. The molecule has 0 aromatic heterocycles. The standard InChI is InChI=1S/C14H25NO5/c1-5-11(4)13(17)15-6-7-19-8-12(16)9-20-14(18)10(2)3/h11-12,16H,2,5-9H2,1,3-4H3,(H,15,17). The predicted molar refractivity (Wildman–Crippen MR) is 75.1 cm³/mol. The van der Waals surface area contributed by atoms with E-state index in [2.05, 4.69) is 11.9 Å². The van der Waals surface area contributed by atoms with Crippen LogP contribution in [0.15, 0.2) is 12.2 Å². The fraction of sp³-hybridized carbons (Fsp3) is 0.714. The third kappa shape index (κ3) is 8.66. The second kappa shape index (κ2) is 10.4. The van der Waals surface area contributed by atoms with Crippen LogP contribution in [-0.4, -0.2) is 49.5 Å². The number of carbonyl (C=O) groups excluding carboxylic acids is 2. The van der Waals surface area contributed by atoms with E-state index in [4.69, 9.17) is 9.47 Å². The van der Waals surface area contributed by atoms with Crippen molar-refractivity contribution in [2.24, 2.45) is 5.92 Å². The molecule has 0 radical (unpaired) electrons. The maximum atomic E-state index is 11.4. The lowest BCUT2D eigenvalue weighted by molar-refractivity contribution is -0.143. The Hall–Kier alpha value is -1.40. The highest BCUT2D eigenvalue weighted by Crippen LogP contribution is 1.99. The number of aliphatic hydroxyl groups excluding tert-OH is 1. The highest BCUT2D eigenvalue weighted by molar-refractivity contribution is 5.86. The first-order valence-corrected chi connectivity index (χ1v) is 6.74. The molecule has 0 fully saturated rings. The van der Waals surface area contributed by atoms with E-state index in [0.717, 1.165) is 6.42 Å². The number of hydrogen-bond acceptors (Lipinski definition) is 5. The SMILES string of the molecule is C=C(C)C(=O)OCC(O)COCCNC(=O)C(C)CC. The van der Waals surface area contributed by atoms with Crippen LogP contribution in [0.2, 0.25) is 0 Å². The van der Waals surface area contributed by atoms with Gasteiger partial charge in [-0.05, 0) is 13.3 Å². The van der Waals surface area contributed by atoms with Crippen LogP contribution in [0.3, 0.4) is 0 Å². The first-order chi connectivity index (χ1) is 9.38. The Morgan fingerprint density at radius 1 is 1.35 bits per heavy atom. The molecule has 0 aliphatic rings. The molecular formula is C14H25NO5. The van der Waals surface area contributed by atoms with Gasteiger partial charge < -0.3 is 19.9 Å². The Kier molecular flexibility index (Phi) is 9.67. The molecule has 0 spiro atoms. The lowest BCUT2D eigenvalue weighted by atomic mass is 10.1. The molecule has 20 heavy (non-hydrogen) atoms. The van der Waals surface area contributed by atoms with Crippen molar-refractivity contribution < 1.29 is 24.2 Å². The molecule has 0 heterocycles. The van der Waals surface area contributed by atoms with Crippen LogP contribution in [0.4, 0.5) is 0 Å². The summed E-state index contributed by atoms with van der Waals surface area (Å²) >= 11 is 0. The Bertz CT molecular complexity index is 330. The molecule has 0 aromatic carbocycles. The molecule has 116 valence electrons. The van der Waals surface area contributed by atoms with E-state index in [9.17, 15) is 14.7 Å². The summed E-state index contributed by atoms with van der Waals surface area (Å²) in [6.07, 6.45) is -0.0944. The maximum Gasteiger partial charge on any atom is 0.333 e. The van der Waals surface area contributed by atoms with Crippen LogP contribution in [0.25, 0.3) is 0 Å². The quantitative estimate of drug-likeness (QED) is 0.350. The van der Waals surface area contributed by atoms with Gasteiger partial charge in [-0.25, -0.2) is 4.79 Å². The minimum Gasteiger partial charge on any atom is -0.460 e. The molecular weight excluding hydrogens is 262 g/mol. The van der Waals surface area contributed by atoms with Crippen LogP contribution in [0, 0.1) is 5.92 Å². The second-order valence-electron chi connectivity index (χ2n) is 4.71. The first kappa shape index (κ1) is 18.6. The lowest BCUT2D eigenvalue weighted by Crippen LogP contribution is -2.32. The van der Waals surface area contributed by atoms with Crippen molar-refractivity contribution in [3.8, 4) is 0 Å². The Morgan fingerprint density at radius 3 is 2.55 bits per heavy atom. The van der Waals surface area contributed by atoms with Gasteiger partial charge in [0, 0.05) is 18.0 Å². The van der Waals surface area contributed by atoms with E-state index >= 15 is 0 Å². The zero-order valence-corrected chi connectivity index (χ0v) is 12.5. The van der Waals surface area contributed by atoms with Crippen molar-refractivity contribution in [2.45, 2.75) is 33.3 Å².